The maximum absolute atomic E-state index is 5.21. The Labute approximate surface area is 101 Å². The van der Waals surface area contributed by atoms with Crippen molar-refractivity contribution < 1.29 is 4.74 Å². The van der Waals surface area contributed by atoms with E-state index >= 15 is 0 Å². The van der Waals surface area contributed by atoms with Gasteiger partial charge in [0.1, 0.15) is 0 Å². The van der Waals surface area contributed by atoms with E-state index in [4.69, 9.17) is 4.74 Å². The van der Waals surface area contributed by atoms with Crippen LogP contribution < -0.4 is 5.32 Å². The fraction of sp³-hybridized carbons (Fsp3) is 1.00. The van der Waals surface area contributed by atoms with Gasteiger partial charge < -0.3 is 10.1 Å². The van der Waals surface area contributed by atoms with E-state index in [1.165, 1.54) is 12.8 Å². The van der Waals surface area contributed by atoms with E-state index in [1.54, 1.807) is 7.11 Å². The van der Waals surface area contributed by atoms with Crippen LogP contribution in [0, 0.1) is 5.92 Å². The van der Waals surface area contributed by atoms with Crippen molar-refractivity contribution in [3.8, 4) is 0 Å². The van der Waals surface area contributed by atoms with Gasteiger partial charge in [0.05, 0.1) is 6.61 Å². The van der Waals surface area contributed by atoms with E-state index in [1.807, 2.05) is 0 Å². The van der Waals surface area contributed by atoms with Crippen molar-refractivity contribution in [2.24, 2.45) is 5.92 Å². The topological polar surface area (TPSA) is 24.5 Å². The number of nitrogens with zero attached hydrogens (tertiary/aromatic N) is 1. The van der Waals surface area contributed by atoms with Crippen LogP contribution in [-0.2, 0) is 4.74 Å². The Morgan fingerprint density at radius 3 is 2.44 bits per heavy atom. The molecule has 0 spiro atoms. The zero-order valence-electron chi connectivity index (χ0n) is 11.5. The highest BCUT2D eigenvalue weighted by atomic mass is 16.5. The Morgan fingerprint density at radius 1 is 1.31 bits per heavy atom. The Morgan fingerprint density at radius 2 is 1.94 bits per heavy atom. The molecule has 1 N–H and O–H groups in total. The molecule has 3 heteroatoms. The first-order valence-corrected chi connectivity index (χ1v) is 6.50. The monoisotopic (exact) mass is 228 g/mol. The Hall–Kier alpha value is -0.120. The maximum atomic E-state index is 5.21. The third-order valence-electron chi connectivity index (χ3n) is 3.87. The Bertz CT molecular complexity index is 194. The molecule has 1 rings (SSSR count). The number of ether oxygens (including phenoxy) is 1. The molecule has 0 bridgehead atoms. The second kappa shape index (κ2) is 6.58. The predicted molar refractivity (Wildman–Crippen MR) is 68.8 cm³/mol. The van der Waals surface area contributed by atoms with E-state index in [0.717, 1.165) is 19.2 Å². The largest absolute Gasteiger partial charge is 0.383 e. The molecule has 1 aliphatic carbocycles. The summed E-state index contributed by atoms with van der Waals surface area (Å²) in [6.45, 7) is 8.81. The van der Waals surface area contributed by atoms with Crippen molar-refractivity contribution in [1.82, 2.24) is 10.2 Å². The van der Waals surface area contributed by atoms with Crippen LogP contribution in [-0.4, -0.2) is 50.3 Å². The molecule has 0 aromatic rings. The SMILES string of the molecule is COCC(C)N(C)C(C)C(C)CNC1CC1. The van der Waals surface area contributed by atoms with Crippen molar-refractivity contribution >= 4 is 0 Å². The molecule has 0 heterocycles. The van der Waals surface area contributed by atoms with Gasteiger partial charge in [-0.3, -0.25) is 4.90 Å². The molecule has 16 heavy (non-hydrogen) atoms. The van der Waals surface area contributed by atoms with Gasteiger partial charge in [-0.25, -0.2) is 0 Å². The molecule has 1 saturated carbocycles. The third-order valence-corrected chi connectivity index (χ3v) is 3.87. The molecule has 1 aliphatic rings. The summed E-state index contributed by atoms with van der Waals surface area (Å²) in [5.74, 6) is 0.685. The lowest BCUT2D eigenvalue weighted by Gasteiger charge is -2.34. The fourth-order valence-electron chi connectivity index (χ4n) is 1.97. The predicted octanol–water partition coefficient (Wildman–Crippen LogP) is 1.73. The summed E-state index contributed by atoms with van der Waals surface area (Å²) >= 11 is 0. The molecule has 3 nitrogen and oxygen atoms in total. The van der Waals surface area contributed by atoms with E-state index < -0.39 is 0 Å². The van der Waals surface area contributed by atoms with E-state index in [-0.39, 0.29) is 0 Å². The second-order valence-electron chi connectivity index (χ2n) is 5.37. The normalized spacial score (nSPS) is 22.1. The molecule has 1 fully saturated rings. The van der Waals surface area contributed by atoms with Crippen LogP contribution in [0.1, 0.15) is 33.6 Å². The highest BCUT2D eigenvalue weighted by Crippen LogP contribution is 2.20. The smallest absolute Gasteiger partial charge is 0.0615 e. The molecule has 0 amide bonds. The van der Waals surface area contributed by atoms with E-state index in [0.29, 0.717) is 18.0 Å². The minimum atomic E-state index is 0.489. The number of methoxy groups -OCH3 is 1. The lowest BCUT2D eigenvalue weighted by Crippen LogP contribution is -2.45. The van der Waals surface area contributed by atoms with Crippen molar-refractivity contribution in [2.45, 2.75) is 51.7 Å². The summed E-state index contributed by atoms with van der Waals surface area (Å²) in [6.07, 6.45) is 2.74. The molecule has 3 atom stereocenters. The molecular weight excluding hydrogens is 200 g/mol. The first-order chi connectivity index (χ1) is 7.56. The summed E-state index contributed by atoms with van der Waals surface area (Å²) in [6, 6.07) is 1.90. The van der Waals surface area contributed by atoms with Gasteiger partial charge in [-0.05, 0) is 46.2 Å². The quantitative estimate of drug-likeness (QED) is 0.685. The summed E-state index contributed by atoms with van der Waals surface area (Å²) in [5.41, 5.74) is 0. The van der Waals surface area contributed by atoms with Gasteiger partial charge in [0.15, 0.2) is 0 Å². The molecule has 96 valence electrons. The lowest BCUT2D eigenvalue weighted by atomic mass is 10.0. The molecule has 0 radical (unpaired) electrons. The Balaban J connectivity index is 2.25. The summed E-state index contributed by atoms with van der Waals surface area (Å²) < 4.78 is 5.21. The summed E-state index contributed by atoms with van der Waals surface area (Å²) in [4.78, 5) is 2.42. The van der Waals surface area contributed by atoms with E-state index in [2.05, 4.69) is 38.0 Å². The highest BCUT2D eigenvalue weighted by Gasteiger charge is 2.24. The van der Waals surface area contributed by atoms with Gasteiger partial charge in [0, 0.05) is 25.2 Å². The molecule has 0 aromatic heterocycles. The van der Waals surface area contributed by atoms with Gasteiger partial charge in [0.2, 0.25) is 0 Å². The van der Waals surface area contributed by atoms with Crippen molar-refractivity contribution in [2.75, 3.05) is 27.3 Å². The third kappa shape index (κ3) is 4.40. The number of likely N-dealkylation sites (N-methyl/N-ethyl adjacent to an activating group) is 1. The second-order valence-corrected chi connectivity index (χ2v) is 5.37. The van der Waals surface area contributed by atoms with Crippen LogP contribution in [0.2, 0.25) is 0 Å². The van der Waals surface area contributed by atoms with E-state index in [9.17, 15) is 0 Å². The van der Waals surface area contributed by atoms with Crippen LogP contribution in [0.3, 0.4) is 0 Å². The van der Waals surface area contributed by atoms with Gasteiger partial charge in [-0.1, -0.05) is 6.92 Å². The molecule has 3 unspecified atom stereocenters. The molecular formula is C13H28N2O. The minimum Gasteiger partial charge on any atom is -0.383 e. The zero-order chi connectivity index (χ0) is 12.1. The number of hydrogen-bond acceptors (Lipinski definition) is 3. The number of rotatable bonds is 8. The summed E-state index contributed by atoms with van der Waals surface area (Å²) in [5, 5.41) is 3.61. The summed E-state index contributed by atoms with van der Waals surface area (Å²) in [7, 11) is 3.97. The van der Waals surface area contributed by atoms with Gasteiger partial charge in [-0.2, -0.15) is 0 Å². The molecule has 0 saturated heterocycles. The van der Waals surface area contributed by atoms with Crippen molar-refractivity contribution in [1.29, 1.82) is 0 Å². The first-order valence-electron chi connectivity index (χ1n) is 6.50. The van der Waals surface area contributed by atoms with Crippen molar-refractivity contribution in [3.05, 3.63) is 0 Å². The van der Waals surface area contributed by atoms with Crippen LogP contribution in [0.4, 0.5) is 0 Å². The van der Waals surface area contributed by atoms with Gasteiger partial charge >= 0.3 is 0 Å². The maximum Gasteiger partial charge on any atom is 0.0615 e. The molecule has 0 aromatic carbocycles. The highest BCUT2D eigenvalue weighted by molar-refractivity contribution is 4.83. The average molecular weight is 228 g/mol. The molecule has 0 aliphatic heterocycles. The lowest BCUT2D eigenvalue weighted by molar-refractivity contribution is 0.0768. The first kappa shape index (κ1) is 13.9. The van der Waals surface area contributed by atoms with Gasteiger partial charge in [-0.15, -0.1) is 0 Å². The Kier molecular flexibility index (Phi) is 5.73. The fourth-order valence-corrected chi connectivity index (χ4v) is 1.97. The van der Waals surface area contributed by atoms with Crippen LogP contribution in [0.15, 0.2) is 0 Å². The zero-order valence-corrected chi connectivity index (χ0v) is 11.5. The standard InChI is InChI=1S/C13H28N2O/c1-10(8-14-13-6-7-13)12(3)15(4)11(2)9-16-5/h10-14H,6-9H2,1-5H3. The van der Waals surface area contributed by atoms with Crippen LogP contribution >= 0.6 is 0 Å². The number of hydrogen-bond donors (Lipinski definition) is 1. The van der Waals surface area contributed by atoms with Gasteiger partial charge in [0.25, 0.3) is 0 Å². The van der Waals surface area contributed by atoms with Crippen molar-refractivity contribution in [3.63, 3.8) is 0 Å². The average Bonchev–Trinajstić information content (AvgIpc) is 3.07. The van der Waals surface area contributed by atoms with Crippen LogP contribution in [0.25, 0.3) is 0 Å². The number of nitrogens with one attached hydrogen (secondary N) is 1. The minimum absolute atomic E-state index is 0.489. The van der Waals surface area contributed by atoms with Crippen LogP contribution in [0.5, 0.6) is 0 Å².